The van der Waals surface area contributed by atoms with E-state index in [1.165, 1.54) is 12.1 Å². The molecule has 1 fully saturated rings. The van der Waals surface area contributed by atoms with Crippen LogP contribution in [0.3, 0.4) is 0 Å². The molecule has 0 radical (unpaired) electrons. The molecule has 5 heteroatoms. The van der Waals surface area contributed by atoms with Crippen molar-refractivity contribution in [2.75, 3.05) is 6.54 Å². The third kappa shape index (κ3) is 3.80. The predicted octanol–water partition coefficient (Wildman–Crippen LogP) is 4.62. The van der Waals surface area contributed by atoms with Crippen molar-refractivity contribution in [3.8, 4) is 0 Å². The van der Waals surface area contributed by atoms with E-state index in [0.717, 1.165) is 36.8 Å². The largest absolute Gasteiger partial charge is 0.348 e. The van der Waals surface area contributed by atoms with Gasteiger partial charge in [0.2, 0.25) is 0 Å². The summed E-state index contributed by atoms with van der Waals surface area (Å²) in [7, 11) is 0. The van der Waals surface area contributed by atoms with Gasteiger partial charge in [-0.05, 0) is 49.6 Å². The fourth-order valence-corrected chi connectivity index (χ4v) is 4.32. The lowest BCUT2D eigenvalue weighted by Crippen LogP contribution is -2.36. The molecule has 30 heavy (non-hydrogen) atoms. The first-order valence-electron chi connectivity index (χ1n) is 10.3. The third-order valence-electron chi connectivity index (χ3n) is 5.92. The molecule has 4 nitrogen and oxygen atoms in total. The van der Waals surface area contributed by atoms with Gasteiger partial charge in [0.25, 0.3) is 11.8 Å². The minimum atomic E-state index is -0.337. The molecule has 2 aliphatic rings. The fraction of sp³-hybridized carbons (Fsp3) is 0.280. The Bertz CT molecular complexity index is 1020. The number of amides is 2. The molecule has 0 unspecified atom stereocenters. The van der Waals surface area contributed by atoms with Gasteiger partial charge in [-0.2, -0.15) is 0 Å². The lowest BCUT2D eigenvalue weighted by atomic mass is 10.00. The van der Waals surface area contributed by atoms with Crippen LogP contribution in [0.25, 0.3) is 5.57 Å². The lowest BCUT2D eigenvalue weighted by Gasteiger charge is -2.26. The number of rotatable bonds is 5. The Balaban J connectivity index is 1.63. The molecule has 0 aromatic heterocycles. The number of aryl methyl sites for hydroxylation is 1. The van der Waals surface area contributed by atoms with E-state index >= 15 is 0 Å². The molecular weight excluding hydrogens is 379 g/mol. The molecule has 0 bridgehead atoms. The zero-order chi connectivity index (χ0) is 21.3. The Morgan fingerprint density at radius 3 is 2.37 bits per heavy atom. The maximum absolute atomic E-state index is 13.5. The topological polar surface area (TPSA) is 49.4 Å². The number of benzene rings is 2. The average molecular weight is 404 g/mol. The van der Waals surface area contributed by atoms with Crippen LogP contribution in [0, 0.1) is 12.7 Å². The van der Waals surface area contributed by atoms with Crippen molar-refractivity contribution < 1.29 is 14.0 Å². The molecule has 1 heterocycles. The van der Waals surface area contributed by atoms with Gasteiger partial charge < -0.3 is 10.2 Å². The Morgan fingerprint density at radius 1 is 1.10 bits per heavy atom. The molecular formula is C25H25FN2O2. The molecule has 2 aromatic rings. The number of nitrogens with zero attached hydrogens (tertiary/aromatic N) is 1. The highest BCUT2D eigenvalue weighted by molar-refractivity contribution is 6.12. The number of halogens is 1. The molecule has 0 spiro atoms. The van der Waals surface area contributed by atoms with Crippen molar-refractivity contribution >= 4 is 17.4 Å². The molecule has 1 aliphatic heterocycles. The first kappa shape index (κ1) is 20.1. The summed E-state index contributed by atoms with van der Waals surface area (Å²) in [6.07, 6.45) is 4.08. The van der Waals surface area contributed by atoms with Crippen LogP contribution in [0.1, 0.15) is 47.2 Å². The Labute approximate surface area is 176 Å². The smallest absolute Gasteiger partial charge is 0.256 e. The molecule has 4 rings (SSSR count). The number of allylic oxidation sites excluding steroid dienone is 1. The number of hydrogen-bond donors (Lipinski definition) is 1. The fourth-order valence-electron chi connectivity index (χ4n) is 4.32. The maximum atomic E-state index is 13.5. The molecule has 1 aliphatic carbocycles. The summed E-state index contributed by atoms with van der Waals surface area (Å²) in [6.45, 7) is 6.25. The lowest BCUT2D eigenvalue weighted by molar-refractivity contribution is -0.125. The zero-order valence-corrected chi connectivity index (χ0v) is 17.1. The first-order valence-corrected chi connectivity index (χ1v) is 10.3. The summed E-state index contributed by atoms with van der Waals surface area (Å²) in [5, 5.41) is 2.87. The second-order valence-corrected chi connectivity index (χ2v) is 7.97. The minimum Gasteiger partial charge on any atom is -0.348 e. The Kier molecular flexibility index (Phi) is 5.53. The van der Waals surface area contributed by atoms with E-state index in [-0.39, 0.29) is 30.2 Å². The highest BCUT2D eigenvalue weighted by Crippen LogP contribution is 2.40. The van der Waals surface area contributed by atoms with Crippen LogP contribution in [0.2, 0.25) is 0 Å². The van der Waals surface area contributed by atoms with Gasteiger partial charge in [-0.1, -0.05) is 49.2 Å². The quantitative estimate of drug-likeness (QED) is 0.791. The second kappa shape index (κ2) is 8.27. The summed E-state index contributed by atoms with van der Waals surface area (Å²) in [4.78, 5) is 27.7. The summed E-state index contributed by atoms with van der Waals surface area (Å²) >= 11 is 0. The van der Waals surface area contributed by atoms with Crippen molar-refractivity contribution in [3.05, 3.63) is 88.9 Å². The van der Waals surface area contributed by atoms with Gasteiger partial charge in [0, 0.05) is 35.0 Å². The van der Waals surface area contributed by atoms with Crippen LogP contribution in [0.15, 0.2) is 66.4 Å². The second-order valence-electron chi connectivity index (χ2n) is 7.97. The Morgan fingerprint density at radius 2 is 1.73 bits per heavy atom. The van der Waals surface area contributed by atoms with Crippen molar-refractivity contribution in [1.82, 2.24) is 10.2 Å². The molecule has 0 saturated heterocycles. The Hall–Kier alpha value is -3.21. The molecule has 2 amide bonds. The standard InChI is InChI=1S/C25H25FN2O2/c1-16-7-9-19(10-8-16)24(29)27-15-22-23(18-11-13-20(26)14-12-18)17(2)28(25(22)30)21-5-3-4-6-21/h7-14,21H,2-6,15H2,1H3,(H,27,29). The predicted molar refractivity (Wildman–Crippen MR) is 115 cm³/mol. The summed E-state index contributed by atoms with van der Waals surface area (Å²) in [6, 6.07) is 13.5. The van der Waals surface area contributed by atoms with Crippen molar-refractivity contribution in [3.63, 3.8) is 0 Å². The van der Waals surface area contributed by atoms with Gasteiger partial charge in [0.05, 0.1) is 0 Å². The van der Waals surface area contributed by atoms with Crippen LogP contribution in [-0.4, -0.2) is 29.3 Å². The van der Waals surface area contributed by atoms with Crippen molar-refractivity contribution in [1.29, 1.82) is 0 Å². The van der Waals surface area contributed by atoms with Crippen molar-refractivity contribution in [2.45, 2.75) is 38.6 Å². The van der Waals surface area contributed by atoms with Gasteiger partial charge >= 0.3 is 0 Å². The number of carbonyl (C=O) groups is 2. The minimum absolute atomic E-state index is 0.0977. The van der Waals surface area contributed by atoms with Gasteiger partial charge in [-0.3, -0.25) is 9.59 Å². The van der Waals surface area contributed by atoms with E-state index in [4.69, 9.17) is 0 Å². The molecule has 0 atom stereocenters. The van der Waals surface area contributed by atoms with Crippen molar-refractivity contribution in [2.24, 2.45) is 0 Å². The van der Waals surface area contributed by atoms with Crippen LogP contribution in [0.4, 0.5) is 4.39 Å². The van der Waals surface area contributed by atoms with E-state index in [1.54, 1.807) is 29.2 Å². The van der Waals surface area contributed by atoms with E-state index in [9.17, 15) is 14.0 Å². The maximum Gasteiger partial charge on any atom is 0.256 e. The summed E-state index contributed by atoms with van der Waals surface area (Å²) < 4.78 is 13.5. The molecule has 1 N–H and O–H groups in total. The number of nitrogens with one attached hydrogen (secondary N) is 1. The number of hydrogen-bond acceptors (Lipinski definition) is 2. The van der Waals surface area contributed by atoms with E-state index in [1.807, 2.05) is 19.1 Å². The van der Waals surface area contributed by atoms with E-state index in [0.29, 0.717) is 22.4 Å². The first-order chi connectivity index (χ1) is 14.5. The van der Waals surface area contributed by atoms with Crippen LogP contribution < -0.4 is 5.32 Å². The van der Waals surface area contributed by atoms with Crippen LogP contribution in [-0.2, 0) is 4.79 Å². The third-order valence-corrected chi connectivity index (χ3v) is 5.92. The van der Waals surface area contributed by atoms with E-state index < -0.39 is 0 Å². The highest BCUT2D eigenvalue weighted by Gasteiger charge is 2.39. The summed E-state index contributed by atoms with van der Waals surface area (Å²) in [5.41, 5.74) is 4.17. The van der Waals surface area contributed by atoms with E-state index in [2.05, 4.69) is 11.9 Å². The van der Waals surface area contributed by atoms with Crippen LogP contribution in [0.5, 0.6) is 0 Å². The highest BCUT2D eigenvalue weighted by atomic mass is 19.1. The number of carbonyl (C=O) groups excluding carboxylic acids is 2. The SMILES string of the molecule is C=C1C(c2ccc(F)cc2)=C(CNC(=O)c2ccc(C)cc2)C(=O)N1C1CCCC1. The van der Waals surface area contributed by atoms with Gasteiger partial charge in [0.15, 0.2) is 0 Å². The molecule has 1 saturated carbocycles. The monoisotopic (exact) mass is 404 g/mol. The van der Waals surface area contributed by atoms with Crippen LogP contribution >= 0.6 is 0 Å². The average Bonchev–Trinajstić information content (AvgIpc) is 3.34. The van der Waals surface area contributed by atoms with Gasteiger partial charge in [-0.25, -0.2) is 4.39 Å². The summed E-state index contributed by atoms with van der Waals surface area (Å²) in [5.74, 6) is -0.690. The van der Waals surface area contributed by atoms with Gasteiger partial charge in [0.1, 0.15) is 5.82 Å². The zero-order valence-electron chi connectivity index (χ0n) is 17.1. The normalized spacial score (nSPS) is 17.2. The van der Waals surface area contributed by atoms with Gasteiger partial charge in [-0.15, -0.1) is 0 Å². The molecule has 2 aromatic carbocycles. The molecule has 154 valence electrons.